The Morgan fingerprint density at radius 3 is 3.00 bits per heavy atom. The number of hydrogen-bond donors (Lipinski definition) is 0. The number of fused-ring (bicyclic) bond motifs is 1. The smallest absolute Gasteiger partial charge is 0.245 e. The molecular weight excluding hydrogens is 384 g/mol. The molecule has 1 saturated carbocycles. The van der Waals surface area contributed by atoms with Crippen LogP contribution in [0.2, 0.25) is 0 Å². The summed E-state index contributed by atoms with van der Waals surface area (Å²) in [7, 11) is 1.80. The Morgan fingerprint density at radius 1 is 1.37 bits per heavy atom. The van der Waals surface area contributed by atoms with Gasteiger partial charge in [-0.2, -0.15) is 10.2 Å². The minimum absolute atomic E-state index is 0.00914. The molecule has 0 aromatic carbocycles. The molecule has 0 unspecified atom stereocenters. The molecule has 3 aromatic rings. The number of rotatable bonds is 6. The zero-order valence-corrected chi connectivity index (χ0v) is 16.8. The van der Waals surface area contributed by atoms with Gasteiger partial charge in [0.25, 0.3) is 0 Å². The van der Waals surface area contributed by atoms with Gasteiger partial charge in [0.2, 0.25) is 11.8 Å². The van der Waals surface area contributed by atoms with Crippen LogP contribution in [0.4, 0.5) is 0 Å². The summed E-state index contributed by atoms with van der Waals surface area (Å²) in [6.07, 6.45) is 11.3. The van der Waals surface area contributed by atoms with Gasteiger partial charge in [-0.15, -0.1) is 0 Å². The van der Waals surface area contributed by atoms with E-state index in [0.717, 1.165) is 42.6 Å². The predicted molar refractivity (Wildman–Crippen MR) is 109 cm³/mol. The van der Waals surface area contributed by atoms with Crippen LogP contribution < -0.4 is 4.74 Å². The lowest BCUT2D eigenvalue weighted by molar-refractivity contribution is -0.130. The molecule has 4 heterocycles. The molecule has 1 aliphatic heterocycles. The van der Waals surface area contributed by atoms with Crippen molar-refractivity contribution in [3.63, 3.8) is 0 Å². The molecule has 9 nitrogen and oxygen atoms in total. The molecule has 1 saturated heterocycles. The first-order valence-corrected chi connectivity index (χ1v) is 10.1. The molecule has 9 heteroatoms. The van der Waals surface area contributed by atoms with Crippen LogP contribution in [-0.4, -0.2) is 67.6 Å². The number of hydrogen-bond acceptors (Lipinski definition) is 6. The zero-order valence-electron chi connectivity index (χ0n) is 16.8. The molecule has 1 amide bonds. The molecular formula is C21H24N6O3. The second-order valence-corrected chi connectivity index (χ2v) is 7.84. The van der Waals surface area contributed by atoms with E-state index in [-0.39, 0.29) is 24.1 Å². The highest BCUT2D eigenvalue weighted by Gasteiger charge is 2.36. The van der Waals surface area contributed by atoms with Crippen LogP contribution in [0.3, 0.4) is 0 Å². The van der Waals surface area contributed by atoms with Gasteiger partial charge in [0, 0.05) is 44.3 Å². The molecule has 2 fully saturated rings. The quantitative estimate of drug-likeness (QED) is 0.581. The fraction of sp³-hybridized carbons (Fsp3) is 0.429. The van der Waals surface area contributed by atoms with Crippen molar-refractivity contribution in [1.82, 2.24) is 29.3 Å². The van der Waals surface area contributed by atoms with E-state index in [1.54, 1.807) is 22.7 Å². The van der Waals surface area contributed by atoms with Gasteiger partial charge >= 0.3 is 0 Å². The molecule has 156 valence electrons. The summed E-state index contributed by atoms with van der Waals surface area (Å²) in [4.78, 5) is 18.3. The summed E-state index contributed by atoms with van der Waals surface area (Å²) in [6, 6.07) is 2.32. The van der Waals surface area contributed by atoms with Gasteiger partial charge in [-0.25, -0.2) is 9.50 Å². The maximum absolute atomic E-state index is 11.8. The first-order chi connectivity index (χ1) is 14.6. The van der Waals surface area contributed by atoms with E-state index in [1.165, 1.54) is 6.08 Å². The van der Waals surface area contributed by atoms with Gasteiger partial charge < -0.3 is 14.4 Å². The summed E-state index contributed by atoms with van der Waals surface area (Å²) in [6.45, 7) is 5.00. The van der Waals surface area contributed by atoms with Gasteiger partial charge in [-0.1, -0.05) is 6.58 Å². The highest BCUT2D eigenvalue weighted by atomic mass is 16.5. The van der Waals surface area contributed by atoms with E-state index in [4.69, 9.17) is 14.5 Å². The van der Waals surface area contributed by atoms with Crippen molar-refractivity contribution in [2.24, 2.45) is 0 Å². The number of amides is 1. The highest BCUT2D eigenvalue weighted by molar-refractivity contribution is 5.87. The zero-order chi connectivity index (χ0) is 20.7. The van der Waals surface area contributed by atoms with Gasteiger partial charge in [0.05, 0.1) is 36.9 Å². The third-order valence-electron chi connectivity index (χ3n) is 5.95. The standard InChI is InChI=1S/C21H24N6O3/c1-3-20(28)25(2)16-8-17(9-16)30-21-19-4-6-22-27(19)12-18(24-21)14-10-23-26(11-14)15-5-7-29-13-15/h3-4,6,10-12,15-17H,1,5,7-9,13H2,2H3/t15-,16?,17?/m1/s1. The topological polar surface area (TPSA) is 86.8 Å². The fourth-order valence-electron chi connectivity index (χ4n) is 3.96. The van der Waals surface area contributed by atoms with Gasteiger partial charge in [0.1, 0.15) is 11.6 Å². The Bertz CT molecular complexity index is 1080. The lowest BCUT2D eigenvalue weighted by Crippen LogP contribution is -2.49. The van der Waals surface area contributed by atoms with Crippen molar-refractivity contribution in [3.05, 3.63) is 43.5 Å². The number of carbonyl (C=O) groups excluding carboxylic acids is 1. The van der Waals surface area contributed by atoms with Crippen LogP contribution >= 0.6 is 0 Å². The SMILES string of the molecule is C=CC(=O)N(C)C1CC(Oc2nc(-c3cnn([C@@H]4CCOC4)c3)cn3nccc23)C1. The van der Waals surface area contributed by atoms with Gasteiger partial charge in [-0.05, 0) is 18.6 Å². The highest BCUT2D eigenvalue weighted by Crippen LogP contribution is 2.32. The van der Waals surface area contributed by atoms with E-state index in [0.29, 0.717) is 12.5 Å². The van der Waals surface area contributed by atoms with E-state index >= 15 is 0 Å². The van der Waals surface area contributed by atoms with E-state index in [9.17, 15) is 4.79 Å². The lowest BCUT2D eigenvalue weighted by atomic mass is 9.88. The molecule has 1 aliphatic carbocycles. The van der Waals surface area contributed by atoms with E-state index < -0.39 is 0 Å². The van der Waals surface area contributed by atoms with E-state index in [2.05, 4.69) is 16.8 Å². The molecule has 0 radical (unpaired) electrons. The second kappa shape index (κ2) is 7.56. The summed E-state index contributed by atoms with van der Waals surface area (Å²) in [5.41, 5.74) is 2.47. The molecule has 0 bridgehead atoms. The van der Waals surface area contributed by atoms with Crippen LogP contribution in [0.15, 0.2) is 43.5 Å². The van der Waals surface area contributed by atoms with Crippen molar-refractivity contribution in [1.29, 1.82) is 0 Å². The second-order valence-electron chi connectivity index (χ2n) is 7.84. The average molecular weight is 408 g/mol. The van der Waals surface area contributed by atoms with Gasteiger partial charge in [-0.3, -0.25) is 9.48 Å². The summed E-state index contributed by atoms with van der Waals surface area (Å²) in [5, 5.41) is 8.86. The maximum Gasteiger partial charge on any atom is 0.245 e. The van der Waals surface area contributed by atoms with Gasteiger partial charge in [0.15, 0.2) is 0 Å². The summed E-state index contributed by atoms with van der Waals surface area (Å²) in [5.74, 6) is 0.476. The third kappa shape index (κ3) is 3.35. The minimum atomic E-state index is -0.0681. The van der Waals surface area contributed by atoms with Crippen LogP contribution in [0.5, 0.6) is 5.88 Å². The van der Waals surface area contributed by atoms with Crippen molar-refractivity contribution < 1.29 is 14.3 Å². The van der Waals surface area contributed by atoms with Crippen molar-refractivity contribution >= 4 is 11.4 Å². The number of nitrogens with zero attached hydrogens (tertiary/aromatic N) is 6. The Balaban J connectivity index is 1.35. The largest absolute Gasteiger partial charge is 0.473 e. The first-order valence-electron chi connectivity index (χ1n) is 10.1. The van der Waals surface area contributed by atoms with Crippen LogP contribution in [0.1, 0.15) is 25.3 Å². The Hall–Kier alpha value is -3.20. The van der Waals surface area contributed by atoms with E-state index in [1.807, 2.05) is 29.3 Å². The average Bonchev–Trinajstić information content (AvgIpc) is 3.48. The number of likely N-dealkylation sites (N-methyl/N-ethyl adjacent to an activating group) is 1. The fourth-order valence-corrected chi connectivity index (χ4v) is 3.96. The minimum Gasteiger partial charge on any atom is -0.473 e. The predicted octanol–water partition coefficient (Wildman–Crippen LogP) is 2.11. The Morgan fingerprint density at radius 2 is 2.23 bits per heavy atom. The van der Waals surface area contributed by atoms with Crippen LogP contribution in [-0.2, 0) is 9.53 Å². The summed E-state index contributed by atoms with van der Waals surface area (Å²) < 4.78 is 15.4. The normalized spacial score (nSPS) is 23.3. The maximum atomic E-state index is 11.8. The Kier molecular flexibility index (Phi) is 4.74. The van der Waals surface area contributed by atoms with Crippen LogP contribution in [0.25, 0.3) is 16.8 Å². The number of ether oxygens (including phenoxy) is 2. The summed E-state index contributed by atoms with van der Waals surface area (Å²) >= 11 is 0. The van der Waals surface area contributed by atoms with Crippen LogP contribution in [0, 0.1) is 0 Å². The number of carbonyl (C=O) groups is 1. The molecule has 1 atom stereocenters. The first kappa shape index (κ1) is 18.8. The van der Waals surface area contributed by atoms with Crippen molar-refractivity contribution in [3.8, 4) is 17.1 Å². The molecule has 30 heavy (non-hydrogen) atoms. The molecule has 0 spiro atoms. The monoisotopic (exact) mass is 408 g/mol. The van der Waals surface area contributed by atoms with Crippen molar-refractivity contribution in [2.75, 3.05) is 20.3 Å². The Labute approximate surface area is 173 Å². The molecule has 5 rings (SSSR count). The van der Waals surface area contributed by atoms with Crippen molar-refractivity contribution in [2.45, 2.75) is 37.5 Å². The molecule has 2 aliphatic rings. The lowest BCUT2D eigenvalue weighted by Gasteiger charge is -2.40. The third-order valence-corrected chi connectivity index (χ3v) is 5.95. The number of aromatic nitrogens is 5. The molecule has 0 N–H and O–H groups in total. The molecule has 3 aromatic heterocycles.